The number of allylic oxidation sites excluding steroid dienone is 26. The quantitative estimate of drug-likeness (QED) is 0.0261. The Labute approximate surface area is 499 Å². The molecule has 0 aromatic heterocycles. The van der Waals surface area contributed by atoms with E-state index < -0.39 is 6.10 Å². The Morgan fingerprint density at radius 3 is 0.753 bits per heavy atom. The van der Waals surface area contributed by atoms with Crippen LogP contribution < -0.4 is 0 Å². The topological polar surface area (TPSA) is 78.9 Å². The molecule has 81 heavy (non-hydrogen) atoms. The SMILES string of the molecule is CC/C=C\C/C=C\C/C=C\C/C=C\C/C=C\C/C=C\CCCCCCC(=O)OCC(COC(=O)CCCCCCCCC/C=C\C/C=C\CCCCC)OC(=O)CCCCCCCCC/C=C\C/C=C\C/C=C\C/C=C\C/C=C\CC. The van der Waals surface area contributed by atoms with Gasteiger partial charge in [0, 0.05) is 19.3 Å². The lowest BCUT2D eigenvalue weighted by Crippen LogP contribution is -2.30. The van der Waals surface area contributed by atoms with Crippen molar-refractivity contribution in [3.05, 3.63) is 158 Å². The zero-order valence-corrected chi connectivity index (χ0v) is 52.2. The Morgan fingerprint density at radius 1 is 0.259 bits per heavy atom. The van der Waals surface area contributed by atoms with Crippen molar-refractivity contribution in [1.29, 1.82) is 0 Å². The van der Waals surface area contributed by atoms with Crippen molar-refractivity contribution >= 4 is 17.9 Å². The molecule has 0 aliphatic heterocycles. The van der Waals surface area contributed by atoms with Gasteiger partial charge in [-0.1, -0.05) is 269 Å². The second-order valence-corrected chi connectivity index (χ2v) is 21.3. The first-order chi connectivity index (χ1) is 40.0. The summed E-state index contributed by atoms with van der Waals surface area (Å²) in [5.74, 6) is -0.946. The third-order valence-corrected chi connectivity index (χ3v) is 13.5. The molecule has 0 aromatic rings. The fraction of sp³-hybridized carbons (Fsp3) is 0.613. The summed E-state index contributed by atoms with van der Waals surface area (Å²) in [6.07, 6.45) is 98.1. The van der Waals surface area contributed by atoms with Gasteiger partial charge in [-0.2, -0.15) is 0 Å². The molecule has 0 saturated heterocycles. The minimum absolute atomic E-state index is 0.101. The monoisotopic (exact) mass is 1120 g/mol. The number of ether oxygens (including phenoxy) is 3. The lowest BCUT2D eigenvalue weighted by Gasteiger charge is -2.18. The average Bonchev–Trinajstić information content (AvgIpc) is 3.47. The first kappa shape index (κ1) is 76.0. The molecule has 0 bridgehead atoms. The summed E-state index contributed by atoms with van der Waals surface area (Å²) in [6.45, 7) is 6.36. The fourth-order valence-corrected chi connectivity index (χ4v) is 8.62. The van der Waals surface area contributed by atoms with Crippen LogP contribution in [-0.4, -0.2) is 37.2 Å². The molecule has 0 aromatic carbocycles. The van der Waals surface area contributed by atoms with E-state index in [1.807, 2.05) is 0 Å². The van der Waals surface area contributed by atoms with Crippen LogP contribution in [0.1, 0.15) is 278 Å². The van der Waals surface area contributed by atoms with Crippen LogP contribution in [0.15, 0.2) is 158 Å². The van der Waals surface area contributed by atoms with Gasteiger partial charge in [0.2, 0.25) is 0 Å². The van der Waals surface area contributed by atoms with E-state index in [4.69, 9.17) is 14.2 Å². The molecule has 0 heterocycles. The Hall–Kier alpha value is -4.97. The van der Waals surface area contributed by atoms with Crippen LogP contribution in [0.5, 0.6) is 0 Å². The van der Waals surface area contributed by atoms with E-state index in [0.717, 1.165) is 167 Å². The number of hydrogen-bond acceptors (Lipinski definition) is 6. The fourth-order valence-electron chi connectivity index (χ4n) is 8.62. The highest BCUT2D eigenvalue weighted by Crippen LogP contribution is 2.14. The Bertz CT molecular complexity index is 1810. The van der Waals surface area contributed by atoms with Gasteiger partial charge >= 0.3 is 17.9 Å². The predicted octanol–water partition coefficient (Wildman–Crippen LogP) is 22.9. The summed E-state index contributed by atoms with van der Waals surface area (Å²) in [6, 6.07) is 0. The maximum absolute atomic E-state index is 12.9. The summed E-state index contributed by atoms with van der Waals surface area (Å²) in [4.78, 5) is 38.4. The van der Waals surface area contributed by atoms with Crippen LogP contribution in [-0.2, 0) is 28.6 Å². The van der Waals surface area contributed by atoms with Gasteiger partial charge in [-0.15, -0.1) is 0 Å². The number of unbranched alkanes of at least 4 members (excludes halogenated alkanes) is 21. The largest absolute Gasteiger partial charge is 0.462 e. The summed E-state index contributed by atoms with van der Waals surface area (Å²) in [7, 11) is 0. The standard InChI is InChI=1S/C75H120O6/c1-4-7-10-13-16-19-22-25-28-31-33-35-37-39-41-44-47-50-53-56-59-62-65-68-74(77)80-71-72(70-79-73(76)67-64-61-58-55-52-49-46-43-30-27-24-21-18-15-12-9-6-3)81-75(78)69-66-63-60-57-54-51-48-45-42-40-38-36-34-32-29-26-23-20-17-14-11-8-5-2/h7-8,10-11,16-21,25-30,33-36,39-42,47,50,72H,4-6,9,12-15,22-24,31-32,37-38,43-46,48-49,51-71H2,1-3H3/b10-7-,11-8-,19-16-,20-17-,21-18-,28-25-,29-26-,30-27-,35-33-,36-34-,41-39-,42-40-,50-47-. The highest BCUT2D eigenvalue weighted by molar-refractivity contribution is 5.71. The molecular formula is C75H120O6. The molecule has 1 atom stereocenters. The van der Waals surface area contributed by atoms with Crippen LogP contribution in [0, 0.1) is 0 Å². The summed E-state index contributed by atoms with van der Waals surface area (Å²) >= 11 is 0. The van der Waals surface area contributed by atoms with Crippen molar-refractivity contribution in [3.63, 3.8) is 0 Å². The Morgan fingerprint density at radius 2 is 0.481 bits per heavy atom. The van der Waals surface area contributed by atoms with Crippen LogP contribution >= 0.6 is 0 Å². The molecule has 0 fully saturated rings. The van der Waals surface area contributed by atoms with Gasteiger partial charge in [-0.25, -0.2) is 0 Å². The van der Waals surface area contributed by atoms with E-state index in [9.17, 15) is 14.4 Å². The van der Waals surface area contributed by atoms with Crippen molar-refractivity contribution in [3.8, 4) is 0 Å². The molecular weight excluding hydrogens is 997 g/mol. The number of esters is 3. The molecule has 0 rings (SSSR count). The number of carbonyl (C=O) groups excluding carboxylic acids is 3. The highest BCUT2D eigenvalue weighted by Gasteiger charge is 2.19. The van der Waals surface area contributed by atoms with E-state index >= 15 is 0 Å². The Kier molecular flexibility index (Phi) is 63.4. The van der Waals surface area contributed by atoms with Crippen molar-refractivity contribution in [1.82, 2.24) is 0 Å². The molecule has 0 radical (unpaired) electrons. The average molecular weight is 1120 g/mol. The van der Waals surface area contributed by atoms with Crippen molar-refractivity contribution in [2.24, 2.45) is 0 Å². The summed E-state index contributed by atoms with van der Waals surface area (Å²) in [5, 5.41) is 0. The van der Waals surface area contributed by atoms with Crippen molar-refractivity contribution in [2.75, 3.05) is 13.2 Å². The second-order valence-electron chi connectivity index (χ2n) is 21.3. The minimum Gasteiger partial charge on any atom is -0.462 e. The molecule has 0 spiro atoms. The van der Waals surface area contributed by atoms with Crippen LogP contribution in [0.4, 0.5) is 0 Å². The predicted molar refractivity (Wildman–Crippen MR) is 352 cm³/mol. The van der Waals surface area contributed by atoms with Gasteiger partial charge in [0.05, 0.1) is 0 Å². The lowest BCUT2D eigenvalue weighted by molar-refractivity contribution is -0.167. The lowest BCUT2D eigenvalue weighted by atomic mass is 10.1. The van der Waals surface area contributed by atoms with Gasteiger partial charge in [0.1, 0.15) is 13.2 Å². The van der Waals surface area contributed by atoms with E-state index in [-0.39, 0.29) is 31.1 Å². The van der Waals surface area contributed by atoms with Crippen LogP contribution in [0.2, 0.25) is 0 Å². The smallest absolute Gasteiger partial charge is 0.306 e. The van der Waals surface area contributed by atoms with Gasteiger partial charge in [-0.05, 0) is 148 Å². The first-order valence-corrected chi connectivity index (χ1v) is 33.0. The number of rotatable bonds is 58. The third-order valence-electron chi connectivity index (χ3n) is 13.5. The molecule has 6 nitrogen and oxygen atoms in total. The first-order valence-electron chi connectivity index (χ1n) is 33.0. The molecule has 0 amide bonds. The zero-order valence-electron chi connectivity index (χ0n) is 52.2. The number of carbonyl (C=O) groups is 3. The van der Waals surface area contributed by atoms with Gasteiger partial charge < -0.3 is 14.2 Å². The normalized spacial score (nSPS) is 13.2. The molecule has 0 aliphatic rings. The van der Waals surface area contributed by atoms with Crippen LogP contribution in [0.25, 0.3) is 0 Å². The van der Waals surface area contributed by atoms with Gasteiger partial charge in [0.25, 0.3) is 0 Å². The second kappa shape index (κ2) is 67.5. The van der Waals surface area contributed by atoms with E-state index in [0.29, 0.717) is 19.3 Å². The maximum Gasteiger partial charge on any atom is 0.306 e. The summed E-state index contributed by atoms with van der Waals surface area (Å²) < 4.78 is 16.9. The summed E-state index contributed by atoms with van der Waals surface area (Å²) in [5.41, 5.74) is 0. The molecule has 0 aliphatic carbocycles. The van der Waals surface area contributed by atoms with Gasteiger partial charge in [-0.3, -0.25) is 14.4 Å². The van der Waals surface area contributed by atoms with Crippen LogP contribution in [0.3, 0.4) is 0 Å². The maximum atomic E-state index is 12.9. The van der Waals surface area contributed by atoms with E-state index in [1.54, 1.807) is 0 Å². The molecule has 0 N–H and O–H groups in total. The molecule has 1 unspecified atom stereocenters. The minimum atomic E-state index is -0.809. The van der Waals surface area contributed by atoms with Crippen molar-refractivity contribution < 1.29 is 28.6 Å². The van der Waals surface area contributed by atoms with E-state index in [1.165, 1.54) is 70.6 Å². The van der Waals surface area contributed by atoms with Crippen molar-refractivity contribution in [2.45, 2.75) is 284 Å². The molecule has 0 saturated carbocycles. The third kappa shape index (κ3) is 65.7. The molecule has 6 heteroatoms. The zero-order chi connectivity index (χ0) is 58.5. The van der Waals surface area contributed by atoms with Gasteiger partial charge in [0.15, 0.2) is 6.10 Å². The number of hydrogen-bond donors (Lipinski definition) is 0. The highest BCUT2D eigenvalue weighted by atomic mass is 16.6. The van der Waals surface area contributed by atoms with E-state index in [2.05, 4.69) is 179 Å². The molecule has 456 valence electrons. The Balaban J connectivity index is 4.50.